The van der Waals surface area contributed by atoms with Gasteiger partial charge in [-0.3, -0.25) is 4.79 Å². The number of carbonyl (C=O) groups is 1. The Bertz CT molecular complexity index is 701. The number of rotatable bonds is 3. The maximum absolute atomic E-state index is 12.4. The van der Waals surface area contributed by atoms with Crippen molar-refractivity contribution in [3.05, 3.63) is 35.9 Å². The van der Waals surface area contributed by atoms with Gasteiger partial charge >= 0.3 is 0 Å². The number of carbonyl (C=O) groups excluding carboxylic acids is 1. The number of halogens is 3. The Hall–Kier alpha value is -1.30. The molecule has 1 N–H and O–H groups in total. The number of para-hydroxylation sites is 1. The van der Waals surface area contributed by atoms with Crippen LogP contribution in [0.5, 0.6) is 0 Å². The van der Waals surface area contributed by atoms with E-state index in [4.69, 9.17) is 34.8 Å². The highest BCUT2D eigenvalue weighted by atomic mass is 35.5. The van der Waals surface area contributed by atoms with Gasteiger partial charge in [0, 0.05) is 0 Å². The zero-order valence-corrected chi connectivity index (χ0v) is 13.2. The molecule has 3 rings (SSSR count). The molecule has 0 radical (unpaired) electrons. The van der Waals surface area contributed by atoms with Crippen molar-refractivity contribution in [3.63, 3.8) is 0 Å². The molecule has 2 aromatic rings. The molecule has 1 heterocycles. The number of nitrogens with one attached hydrogen (secondary N) is 1. The summed E-state index contributed by atoms with van der Waals surface area (Å²) in [5.74, 6) is -0.254. The van der Waals surface area contributed by atoms with Gasteiger partial charge in [0.05, 0.1) is 16.1 Å². The summed E-state index contributed by atoms with van der Waals surface area (Å²) in [7, 11) is 0. The molecule has 1 aliphatic rings. The first-order chi connectivity index (χ1) is 9.85. The van der Waals surface area contributed by atoms with E-state index in [0.717, 1.165) is 0 Å². The van der Waals surface area contributed by atoms with Gasteiger partial charge in [0.25, 0.3) is 0 Å². The van der Waals surface area contributed by atoms with Gasteiger partial charge in [-0.2, -0.15) is 5.10 Å². The van der Waals surface area contributed by atoms with Crippen molar-refractivity contribution < 1.29 is 4.79 Å². The lowest BCUT2D eigenvalue weighted by molar-refractivity contribution is -0.120. The highest BCUT2D eigenvalue weighted by molar-refractivity contribution is 6.53. The molecule has 1 saturated carbocycles. The van der Waals surface area contributed by atoms with Crippen LogP contribution in [0.3, 0.4) is 0 Å². The summed E-state index contributed by atoms with van der Waals surface area (Å²) in [5, 5.41) is 7.30. The Morgan fingerprint density at radius 1 is 1.43 bits per heavy atom. The number of aromatic nitrogens is 3. The van der Waals surface area contributed by atoms with Crippen molar-refractivity contribution in [1.82, 2.24) is 14.8 Å². The average Bonchev–Trinajstić information content (AvgIpc) is 2.81. The lowest BCUT2D eigenvalue weighted by Gasteiger charge is -2.16. The van der Waals surface area contributed by atoms with Gasteiger partial charge in [-0.05, 0) is 25.5 Å². The average molecular weight is 346 g/mol. The van der Waals surface area contributed by atoms with Crippen LogP contribution in [0.4, 0.5) is 5.69 Å². The van der Waals surface area contributed by atoms with Gasteiger partial charge in [-0.15, -0.1) is 23.2 Å². The Morgan fingerprint density at radius 2 is 2.14 bits per heavy atom. The highest BCUT2D eigenvalue weighted by Gasteiger charge is 2.67. The summed E-state index contributed by atoms with van der Waals surface area (Å²) in [4.78, 5) is 16.3. The van der Waals surface area contributed by atoms with E-state index in [1.54, 1.807) is 25.1 Å². The Balaban J connectivity index is 1.94. The van der Waals surface area contributed by atoms with Gasteiger partial charge in [0.1, 0.15) is 22.7 Å². The molecule has 0 spiro atoms. The normalized spacial score (nSPS) is 22.9. The van der Waals surface area contributed by atoms with Crippen LogP contribution in [-0.4, -0.2) is 25.0 Å². The van der Waals surface area contributed by atoms with Crippen LogP contribution < -0.4 is 5.32 Å². The summed E-state index contributed by atoms with van der Waals surface area (Å²) < 4.78 is 0.463. The fraction of sp³-hybridized carbons (Fsp3) is 0.308. The number of benzene rings is 1. The first kappa shape index (κ1) is 14.6. The second-order valence-corrected chi connectivity index (χ2v) is 7.03. The lowest BCUT2D eigenvalue weighted by Crippen LogP contribution is -2.26. The van der Waals surface area contributed by atoms with Crippen molar-refractivity contribution in [2.24, 2.45) is 5.41 Å². The monoisotopic (exact) mass is 344 g/mol. The largest absolute Gasteiger partial charge is 0.324 e. The van der Waals surface area contributed by atoms with Crippen molar-refractivity contribution in [2.45, 2.75) is 17.7 Å². The van der Waals surface area contributed by atoms with E-state index < -0.39 is 9.75 Å². The molecule has 8 heteroatoms. The number of alkyl halides is 2. The molecule has 0 aliphatic heterocycles. The maximum Gasteiger partial charge on any atom is 0.233 e. The van der Waals surface area contributed by atoms with Crippen LogP contribution in [-0.2, 0) is 4.79 Å². The van der Waals surface area contributed by atoms with Crippen LogP contribution in [0.1, 0.15) is 13.3 Å². The Kier molecular flexibility index (Phi) is 3.39. The molecule has 1 aliphatic carbocycles. The Labute approximate surface area is 136 Å². The van der Waals surface area contributed by atoms with E-state index in [1.807, 2.05) is 0 Å². The van der Waals surface area contributed by atoms with Crippen LogP contribution in [0, 0.1) is 5.41 Å². The fourth-order valence-electron chi connectivity index (χ4n) is 2.08. The lowest BCUT2D eigenvalue weighted by atomic mass is 10.1. The van der Waals surface area contributed by atoms with Crippen molar-refractivity contribution in [1.29, 1.82) is 0 Å². The molecule has 1 fully saturated rings. The SMILES string of the molecule is C[C@]1(C(=O)Nc2cccc(Cl)c2-n2cncn2)CC1(Cl)Cl. The van der Waals surface area contributed by atoms with Gasteiger partial charge in [0.15, 0.2) is 0 Å². The van der Waals surface area contributed by atoms with Gasteiger partial charge in [0.2, 0.25) is 5.91 Å². The molecular formula is C13H11Cl3N4O. The molecule has 1 aromatic heterocycles. The molecular weight excluding hydrogens is 335 g/mol. The van der Waals surface area contributed by atoms with Gasteiger partial charge in [-0.25, -0.2) is 9.67 Å². The summed E-state index contributed by atoms with van der Waals surface area (Å²) in [6.45, 7) is 1.72. The molecule has 21 heavy (non-hydrogen) atoms. The van der Waals surface area contributed by atoms with Crippen molar-refractivity contribution in [3.8, 4) is 5.69 Å². The minimum Gasteiger partial charge on any atom is -0.324 e. The molecule has 0 saturated heterocycles. The number of anilines is 1. The van der Waals surface area contributed by atoms with E-state index in [2.05, 4.69) is 15.4 Å². The minimum atomic E-state index is -1.02. The summed E-state index contributed by atoms with van der Waals surface area (Å²) >= 11 is 18.3. The molecule has 5 nitrogen and oxygen atoms in total. The van der Waals surface area contributed by atoms with Crippen molar-refractivity contribution >= 4 is 46.4 Å². The standard InChI is InChI=1S/C13H11Cl3N4O/c1-12(5-13(12,15)16)11(21)19-9-4-2-3-8(14)10(9)20-7-17-6-18-20/h2-4,6-7H,5H2,1H3,(H,19,21)/t12-/m1/s1. The summed E-state index contributed by atoms with van der Waals surface area (Å²) in [6, 6.07) is 5.18. The molecule has 110 valence electrons. The zero-order chi connectivity index (χ0) is 15.3. The smallest absolute Gasteiger partial charge is 0.233 e. The third-order valence-corrected chi connectivity index (χ3v) is 5.05. The number of hydrogen-bond donors (Lipinski definition) is 1. The minimum absolute atomic E-state index is 0.254. The summed E-state index contributed by atoms with van der Waals surface area (Å²) in [5.41, 5.74) is 0.261. The second-order valence-electron chi connectivity index (χ2n) is 5.14. The van der Waals surface area contributed by atoms with Gasteiger partial charge in [-0.1, -0.05) is 17.7 Å². The molecule has 0 bridgehead atoms. The quantitative estimate of drug-likeness (QED) is 0.867. The predicted octanol–water partition coefficient (Wildman–Crippen LogP) is 3.44. The summed E-state index contributed by atoms with van der Waals surface area (Å²) in [6.07, 6.45) is 3.30. The number of amides is 1. The topological polar surface area (TPSA) is 59.8 Å². The molecule has 1 aromatic carbocycles. The van der Waals surface area contributed by atoms with E-state index >= 15 is 0 Å². The first-order valence-corrected chi connectivity index (χ1v) is 7.31. The molecule has 0 unspecified atom stereocenters. The third kappa shape index (κ3) is 2.39. The van der Waals surface area contributed by atoms with E-state index in [-0.39, 0.29) is 5.91 Å². The third-order valence-electron chi connectivity index (χ3n) is 3.64. The Morgan fingerprint density at radius 3 is 2.71 bits per heavy atom. The molecule has 1 amide bonds. The van der Waals surface area contributed by atoms with Gasteiger partial charge < -0.3 is 5.32 Å². The van der Waals surface area contributed by atoms with E-state index in [0.29, 0.717) is 22.8 Å². The highest BCUT2D eigenvalue weighted by Crippen LogP contribution is 2.64. The van der Waals surface area contributed by atoms with Crippen LogP contribution >= 0.6 is 34.8 Å². The van der Waals surface area contributed by atoms with Crippen molar-refractivity contribution in [2.75, 3.05) is 5.32 Å². The second kappa shape index (κ2) is 4.87. The predicted molar refractivity (Wildman–Crippen MR) is 82.2 cm³/mol. The number of hydrogen-bond acceptors (Lipinski definition) is 3. The van der Waals surface area contributed by atoms with E-state index in [9.17, 15) is 4.79 Å². The zero-order valence-electron chi connectivity index (χ0n) is 11.0. The number of nitrogens with zero attached hydrogens (tertiary/aromatic N) is 3. The maximum atomic E-state index is 12.4. The van der Waals surface area contributed by atoms with Crippen LogP contribution in [0.25, 0.3) is 5.69 Å². The first-order valence-electron chi connectivity index (χ1n) is 6.18. The molecule has 1 atom stereocenters. The van der Waals surface area contributed by atoms with Crippen LogP contribution in [0.15, 0.2) is 30.9 Å². The van der Waals surface area contributed by atoms with Crippen LogP contribution in [0.2, 0.25) is 5.02 Å². The fourth-order valence-corrected chi connectivity index (χ4v) is 3.05. The van der Waals surface area contributed by atoms with E-state index in [1.165, 1.54) is 17.3 Å².